The number of carbonyl (C=O) groups is 2. The highest BCUT2D eigenvalue weighted by Crippen LogP contribution is 2.25. The van der Waals surface area contributed by atoms with Crippen molar-refractivity contribution in [2.45, 2.75) is 32.2 Å². The third-order valence-electron chi connectivity index (χ3n) is 3.66. The second kappa shape index (κ2) is 6.52. The van der Waals surface area contributed by atoms with Crippen molar-refractivity contribution in [3.63, 3.8) is 0 Å². The number of anilines is 1. The summed E-state index contributed by atoms with van der Waals surface area (Å²) in [6, 6.07) is 6.85. The monoisotopic (exact) mass is 276 g/mol. The van der Waals surface area contributed by atoms with Crippen LogP contribution < -0.4 is 5.32 Å². The molecule has 20 heavy (non-hydrogen) atoms. The zero-order valence-electron chi connectivity index (χ0n) is 11.6. The highest BCUT2D eigenvalue weighted by molar-refractivity contribution is 5.95. The van der Waals surface area contributed by atoms with Crippen LogP contribution in [-0.4, -0.2) is 41.0 Å². The van der Waals surface area contributed by atoms with Gasteiger partial charge in [-0.25, -0.2) is 4.79 Å². The summed E-state index contributed by atoms with van der Waals surface area (Å²) in [5.41, 5.74) is 1.27. The molecular formula is C15H20N2O3. The largest absolute Gasteiger partial charge is 0.395 e. The molecule has 0 spiro atoms. The topological polar surface area (TPSA) is 69.6 Å². The van der Waals surface area contributed by atoms with Gasteiger partial charge in [-0.2, -0.15) is 0 Å². The van der Waals surface area contributed by atoms with E-state index in [4.69, 9.17) is 5.11 Å². The lowest BCUT2D eigenvalue weighted by molar-refractivity contribution is 0.101. The van der Waals surface area contributed by atoms with Crippen LogP contribution in [0.1, 0.15) is 36.5 Å². The fourth-order valence-electron chi connectivity index (χ4n) is 2.24. The van der Waals surface area contributed by atoms with Crippen molar-refractivity contribution in [1.29, 1.82) is 0 Å². The molecule has 2 amide bonds. The van der Waals surface area contributed by atoms with Crippen molar-refractivity contribution in [1.82, 2.24) is 4.90 Å². The van der Waals surface area contributed by atoms with E-state index in [2.05, 4.69) is 5.32 Å². The Labute approximate surface area is 118 Å². The molecule has 0 aromatic heterocycles. The number of hydrogen-bond acceptors (Lipinski definition) is 3. The first-order valence-corrected chi connectivity index (χ1v) is 6.91. The van der Waals surface area contributed by atoms with Gasteiger partial charge in [-0.05, 0) is 50.5 Å². The lowest BCUT2D eigenvalue weighted by atomic mass is 9.92. The number of aliphatic hydroxyl groups is 1. The smallest absolute Gasteiger partial charge is 0.322 e. The maximum Gasteiger partial charge on any atom is 0.322 e. The summed E-state index contributed by atoms with van der Waals surface area (Å²) in [7, 11) is 0. The third kappa shape index (κ3) is 3.36. The summed E-state index contributed by atoms with van der Waals surface area (Å²) in [6.07, 6.45) is 3.13. The van der Waals surface area contributed by atoms with Crippen LogP contribution in [0.4, 0.5) is 10.5 Å². The number of carbonyl (C=O) groups excluding carboxylic acids is 2. The fourth-order valence-corrected chi connectivity index (χ4v) is 2.24. The molecule has 1 fully saturated rings. The first-order chi connectivity index (χ1) is 9.61. The first-order valence-electron chi connectivity index (χ1n) is 6.91. The Balaban J connectivity index is 1.99. The van der Waals surface area contributed by atoms with Gasteiger partial charge >= 0.3 is 6.03 Å². The van der Waals surface area contributed by atoms with E-state index in [1.807, 2.05) is 0 Å². The minimum absolute atomic E-state index is 0.000693. The van der Waals surface area contributed by atoms with Crippen molar-refractivity contribution in [3.8, 4) is 0 Å². The van der Waals surface area contributed by atoms with E-state index in [0.29, 0.717) is 17.8 Å². The summed E-state index contributed by atoms with van der Waals surface area (Å²) in [4.78, 5) is 25.1. The maximum absolute atomic E-state index is 12.2. The van der Waals surface area contributed by atoms with E-state index in [1.165, 1.54) is 6.92 Å². The number of urea groups is 1. The molecule has 0 bridgehead atoms. The van der Waals surface area contributed by atoms with Gasteiger partial charge in [0.25, 0.3) is 0 Å². The van der Waals surface area contributed by atoms with Crippen LogP contribution >= 0.6 is 0 Å². The molecule has 1 aromatic rings. The minimum atomic E-state index is -0.195. The Morgan fingerprint density at radius 3 is 2.40 bits per heavy atom. The molecule has 1 aliphatic rings. The number of benzene rings is 1. The van der Waals surface area contributed by atoms with E-state index in [1.54, 1.807) is 29.2 Å². The number of aliphatic hydroxyl groups excluding tert-OH is 1. The van der Waals surface area contributed by atoms with E-state index in [9.17, 15) is 9.59 Å². The lowest BCUT2D eigenvalue weighted by Gasteiger charge is -2.37. The van der Waals surface area contributed by atoms with E-state index in [0.717, 1.165) is 19.3 Å². The SMILES string of the molecule is CC(=O)c1ccc(NC(=O)N(CCO)C2CCC2)cc1. The molecule has 2 N–H and O–H groups in total. The molecule has 2 rings (SSSR count). The molecule has 1 aliphatic carbocycles. The van der Waals surface area contributed by atoms with Gasteiger partial charge in [0.15, 0.2) is 5.78 Å². The predicted molar refractivity (Wildman–Crippen MR) is 76.9 cm³/mol. The van der Waals surface area contributed by atoms with E-state index >= 15 is 0 Å². The van der Waals surface area contributed by atoms with Crippen LogP contribution in [0.2, 0.25) is 0 Å². The van der Waals surface area contributed by atoms with Crippen molar-refractivity contribution in [2.75, 3.05) is 18.5 Å². The molecule has 0 saturated heterocycles. The van der Waals surface area contributed by atoms with Crippen molar-refractivity contribution >= 4 is 17.5 Å². The Morgan fingerprint density at radius 1 is 1.30 bits per heavy atom. The summed E-state index contributed by atoms with van der Waals surface area (Å²) >= 11 is 0. The Kier molecular flexibility index (Phi) is 4.74. The normalized spacial score (nSPS) is 14.5. The van der Waals surface area contributed by atoms with Crippen LogP contribution in [0, 0.1) is 0 Å². The second-order valence-electron chi connectivity index (χ2n) is 5.07. The van der Waals surface area contributed by atoms with Gasteiger partial charge in [0, 0.05) is 23.8 Å². The quantitative estimate of drug-likeness (QED) is 0.810. The lowest BCUT2D eigenvalue weighted by Crippen LogP contribution is -2.47. The summed E-state index contributed by atoms with van der Waals surface area (Å²) < 4.78 is 0. The van der Waals surface area contributed by atoms with Crippen LogP contribution in [0.5, 0.6) is 0 Å². The Hall–Kier alpha value is -1.88. The van der Waals surface area contributed by atoms with Crippen LogP contribution in [0.25, 0.3) is 0 Å². The molecule has 5 heteroatoms. The molecule has 0 atom stereocenters. The Morgan fingerprint density at radius 2 is 1.95 bits per heavy atom. The molecule has 108 valence electrons. The molecule has 0 heterocycles. The maximum atomic E-state index is 12.2. The molecule has 1 saturated carbocycles. The zero-order chi connectivity index (χ0) is 14.5. The summed E-state index contributed by atoms with van der Waals surface area (Å²) in [5, 5.41) is 11.9. The first kappa shape index (κ1) is 14.5. The van der Waals surface area contributed by atoms with Crippen LogP contribution in [0.15, 0.2) is 24.3 Å². The zero-order valence-corrected chi connectivity index (χ0v) is 11.6. The van der Waals surface area contributed by atoms with Gasteiger partial charge in [0.2, 0.25) is 0 Å². The van der Waals surface area contributed by atoms with Gasteiger partial charge in [-0.3, -0.25) is 4.79 Å². The average molecular weight is 276 g/mol. The molecule has 5 nitrogen and oxygen atoms in total. The Bertz CT molecular complexity index is 480. The minimum Gasteiger partial charge on any atom is -0.395 e. The van der Waals surface area contributed by atoms with E-state index in [-0.39, 0.29) is 24.5 Å². The van der Waals surface area contributed by atoms with Crippen LogP contribution in [0.3, 0.4) is 0 Å². The van der Waals surface area contributed by atoms with Crippen LogP contribution in [-0.2, 0) is 0 Å². The van der Waals surface area contributed by atoms with Gasteiger partial charge < -0.3 is 15.3 Å². The van der Waals surface area contributed by atoms with E-state index < -0.39 is 0 Å². The van der Waals surface area contributed by atoms with Gasteiger partial charge in [-0.15, -0.1) is 0 Å². The van der Waals surface area contributed by atoms with Gasteiger partial charge in [0.05, 0.1) is 6.61 Å². The standard InChI is InChI=1S/C15H20N2O3/c1-11(19)12-5-7-13(8-6-12)16-15(20)17(9-10-18)14-3-2-4-14/h5-8,14,18H,2-4,9-10H2,1H3,(H,16,20). The highest BCUT2D eigenvalue weighted by atomic mass is 16.3. The molecule has 0 unspecified atom stereocenters. The van der Waals surface area contributed by atoms with Gasteiger partial charge in [-0.1, -0.05) is 0 Å². The summed E-state index contributed by atoms with van der Waals surface area (Å²) in [6.45, 7) is 1.82. The summed E-state index contributed by atoms with van der Waals surface area (Å²) in [5.74, 6) is -0.000693. The molecule has 1 aromatic carbocycles. The fraction of sp³-hybridized carbons (Fsp3) is 0.467. The number of nitrogens with one attached hydrogen (secondary N) is 1. The molecule has 0 radical (unpaired) electrons. The van der Waals surface area contributed by atoms with Crippen molar-refractivity contribution < 1.29 is 14.7 Å². The number of ketones is 1. The molecular weight excluding hydrogens is 256 g/mol. The second-order valence-corrected chi connectivity index (χ2v) is 5.07. The average Bonchev–Trinajstić information content (AvgIpc) is 2.36. The van der Waals surface area contributed by atoms with Gasteiger partial charge in [0.1, 0.15) is 0 Å². The van der Waals surface area contributed by atoms with Crippen molar-refractivity contribution in [3.05, 3.63) is 29.8 Å². The highest BCUT2D eigenvalue weighted by Gasteiger charge is 2.28. The third-order valence-corrected chi connectivity index (χ3v) is 3.66. The number of hydrogen-bond donors (Lipinski definition) is 2. The predicted octanol–water partition coefficient (Wildman–Crippen LogP) is 2.27. The van der Waals surface area contributed by atoms with Crippen molar-refractivity contribution in [2.24, 2.45) is 0 Å². The number of rotatable bonds is 5. The number of nitrogens with zero attached hydrogens (tertiary/aromatic N) is 1. The molecule has 0 aliphatic heterocycles. The number of Topliss-reactive ketones (excluding diaryl/α,β-unsaturated/α-hetero) is 1. The number of amides is 2.